The predicted octanol–water partition coefficient (Wildman–Crippen LogP) is 3.03. The van der Waals surface area contributed by atoms with Gasteiger partial charge in [-0.05, 0) is 36.5 Å². The molecule has 4 atom stereocenters. The van der Waals surface area contributed by atoms with Gasteiger partial charge < -0.3 is 5.48 Å². The summed E-state index contributed by atoms with van der Waals surface area (Å²) in [6.07, 6.45) is 9.10. The second-order valence-corrected chi connectivity index (χ2v) is 5.14. The largest absolute Gasteiger partial charge is 0.412 e. The molecule has 1 heteroatoms. The van der Waals surface area contributed by atoms with Crippen molar-refractivity contribution in [1.29, 1.82) is 0 Å². The smallest absolute Gasteiger partial charge is 0.0358 e. The highest BCUT2D eigenvalue weighted by molar-refractivity contribution is 4.86. The summed E-state index contributed by atoms with van der Waals surface area (Å²) < 4.78 is 0. The first kappa shape index (κ1) is 11.0. The van der Waals surface area contributed by atoms with Crippen LogP contribution in [0.4, 0.5) is 0 Å². The molecule has 2 rings (SSSR count). The fourth-order valence-electron chi connectivity index (χ4n) is 3.62. The van der Waals surface area contributed by atoms with E-state index in [4.69, 9.17) is 0 Å². The van der Waals surface area contributed by atoms with Crippen molar-refractivity contribution in [3.63, 3.8) is 0 Å². The van der Waals surface area contributed by atoms with Gasteiger partial charge in [-0.1, -0.05) is 39.5 Å². The zero-order valence-electron chi connectivity index (χ0n) is 9.05. The van der Waals surface area contributed by atoms with E-state index in [1.807, 2.05) is 0 Å². The van der Waals surface area contributed by atoms with Gasteiger partial charge in [-0.25, -0.2) is 0 Å². The van der Waals surface area contributed by atoms with Crippen molar-refractivity contribution >= 4 is 0 Å². The van der Waals surface area contributed by atoms with Gasteiger partial charge in [0, 0.05) is 0 Å². The fourth-order valence-corrected chi connectivity index (χ4v) is 3.62. The summed E-state index contributed by atoms with van der Waals surface area (Å²) in [4.78, 5) is 0. The Kier molecular flexibility index (Phi) is 3.78. The predicted molar refractivity (Wildman–Crippen MR) is 56.6 cm³/mol. The maximum Gasteiger partial charge on any atom is -0.0358 e. The lowest BCUT2D eigenvalue weighted by atomic mass is 9.62. The first-order valence-electron chi connectivity index (χ1n) is 5.79. The van der Waals surface area contributed by atoms with Crippen LogP contribution in [0, 0.1) is 23.7 Å². The van der Waals surface area contributed by atoms with Gasteiger partial charge in [0.1, 0.15) is 0 Å². The van der Waals surface area contributed by atoms with Crippen LogP contribution < -0.4 is 0 Å². The first-order valence-corrected chi connectivity index (χ1v) is 5.79. The molecular formula is C12H24O. The van der Waals surface area contributed by atoms with Crippen molar-refractivity contribution in [3.05, 3.63) is 0 Å². The van der Waals surface area contributed by atoms with Crippen LogP contribution in [0.15, 0.2) is 0 Å². The highest BCUT2D eigenvalue weighted by atomic mass is 16.0. The molecule has 2 aliphatic rings. The van der Waals surface area contributed by atoms with Gasteiger partial charge in [-0.15, -0.1) is 0 Å². The summed E-state index contributed by atoms with van der Waals surface area (Å²) in [6.45, 7) is 4.96. The van der Waals surface area contributed by atoms with Crippen LogP contribution in [0.5, 0.6) is 0 Å². The average molecular weight is 184 g/mol. The second kappa shape index (κ2) is 4.45. The standard InChI is InChI=1S/C12H22.H2O/c1-9-5-3-8-12-10(2)6-4-7-11(9)12;/h9-12H,3-8H2,1-2H3;1H2. The molecule has 0 aromatic carbocycles. The SMILES string of the molecule is CC1CCCC2C(C)CCCC12.O. The lowest BCUT2D eigenvalue weighted by molar-refractivity contribution is 0.0702. The minimum Gasteiger partial charge on any atom is -0.412 e. The van der Waals surface area contributed by atoms with Gasteiger partial charge >= 0.3 is 0 Å². The summed E-state index contributed by atoms with van der Waals surface area (Å²) in [5.41, 5.74) is 0. The molecule has 2 saturated carbocycles. The molecule has 0 radical (unpaired) electrons. The first-order chi connectivity index (χ1) is 5.79. The Morgan fingerprint density at radius 2 is 1.08 bits per heavy atom. The molecule has 2 fully saturated rings. The van der Waals surface area contributed by atoms with E-state index in [2.05, 4.69) is 13.8 Å². The van der Waals surface area contributed by atoms with Gasteiger partial charge in [0.15, 0.2) is 0 Å². The van der Waals surface area contributed by atoms with E-state index in [0.717, 1.165) is 23.7 Å². The van der Waals surface area contributed by atoms with E-state index in [-0.39, 0.29) is 5.48 Å². The zero-order chi connectivity index (χ0) is 8.55. The molecule has 1 nitrogen and oxygen atoms in total. The zero-order valence-corrected chi connectivity index (χ0v) is 9.05. The van der Waals surface area contributed by atoms with Crippen LogP contribution in [0.25, 0.3) is 0 Å². The van der Waals surface area contributed by atoms with Crippen LogP contribution in [0.2, 0.25) is 0 Å². The molecule has 78 valence electrons. The number of hydrogen-bond donors (Lipinski definition) is 0. The summed E-state index contributed by atoms with van der Waals surface area (Å²) >= 11 is 0. The van der Waals surface area contributed by atoms with E-state index >= 15 is 0 Å². The monoisotopic (exact) mass is 184 g/mol. The Morgan fingerprint density at radius 1 is 0.692 bits per heavy atom. The summed E-state index contributed by atoms with van der Waals surface area (Å²) in [7, 11) is 0. The maximum atomic E-state index is 2.48. The lowest BCUT2D eigenvalue weighted by Crippen LogP contribution is -2.34. The summed E-state index contributed by atoms with van der Waals surface area (Å²) in [5.74, 6) is 4.27. The van der Waals surface area contributed by atoms with Gasteiger partial charge in [-0.3, -0.25) is 0 Å². The van der Waals surface area contributed by atoms with Crippen LogP contribution >= 0.6 is 0 Å². The van der Waals surface area contributed by atoms with E-state index in [1.54, 1.807) is 0 Å². The van der Waals surface area contributed by atoms with Crippen LogP contribution in [0.1, 0.15) is 52.4 Å². The molecule has 4 unspecified atom stereocenters. The van der Waals surface area contributed by atoms with E-state index < -0.39 is 0 Å². The fraction of sp³-hybridized carbons (Fsp3) is 1.00. The molecule has 0 bridgehead atoms. The second-order valence-electron chi connectivity index (χ2n) is 5.14. The van der Waals surface area contributed by atoms with E-state index in [1.165, 1.54) is 38.5 Å². The highest BCUT2D eigenvalue weighted by Crippen LogP contribution is 2.46. The van der Waals surface area contributed by atoms with Gasteiger partial charge in [0.2, 0.25) is 0 Å². The van der Waals surface area contributed by atoms with Crippen molar-refractivity contribution in [1.82, 2.24) is 0 Å². The minimum atomic E-state index is 0. The Labute approximate surface area is 82.2 Å². The van der Waals surface area contributed by atoms with Crippen molar-refractivity contribution in [3.8, 4) is 0 Å². The van der Waals surface area contributed by atoms with E-state index in [0.29, 0.717) is 0 Å². The third kappa shape index (κ3) is 2.07. The van der Waals surface area contributed by atoms with Gasteiger partial charge in [0.25, 0.3) is 0 Å². The third-order valence-electron chi connectivity index (χ3n) is 4.41. The summed E-state index contributed by atoms with van der Waals surface area (Å²) in [6, 6.07) is 0. The number of hydrogen-bond acceptors (Lipinski definition) is 0. The van der Waals surface area contributed by atoms with Crippen molar-refractivity contribution in [2.24, 2.45) is 23.7 Å². The molecule has 0 amide bonds. The Bertz CT molecular complexity index is 137. The molecule has 0 aliphatic heterocycles. The number of rotatable bonds is 0. The topological polar surface area (TPSA) is 31.5 Å². The van der Waals surface area contributed by atoms with Gasteiger partial charge in [0.05, 0.1) is 0 Å². The van der Waals surface area contributed by atoms with Crippen molar-refractivity contribution in [2.45, 2.75) is 52.4 Å². The van der Waals surface area contributed by atoms with Crippen molar-refractivity contribution < 1.29 is 5.48 Å². The van der Waals surface area contributed by atoms with Crippen LogP contribution in [0.3, 0.4) is 0 Å². The Morgan fingerprint density at radius 3 is 1.46 bits per heavy atom. The van der Waals surface area contributed by atoms with Crippen molar-refractivity contribution in [2.75, 3.05) is 0 Å². The molecule has 2 N–H and O–H groups in total. The quantitative estimate of drug-likeness (QED) is 0.554. The third-order valence-corrected chi connectivity index (χ3v) is 4.41. The van der Waals surface area contributed by atoms with Crippen LogP contribution in [-0.4, -0.2) is 5.48 Å². The maximum absolute atomic E-state index is 2.48. The lowest BCUT2D eigenvalue weighted by Gasteiger charge is -2.43. The molecular weight excluding hydrogens is 160 g/mol. The molecule has 0 saturated heterocycles. The Balaban J connectivity index is 0.000000845. The normalized spacial score (nSPS) is 44.8. The van der Waals surface area contributed by atoms with E-state index in [9.17, 15) is 0 Å². The molecule has 0 spiro atoms. The molecule has 0 aromatic heterocycles. The van der Waals surface area contributed by atoms with Crippen LogP contribution in [-0.2, 0) is 0 Å². The number of fused-ring (bicyclic) bond motifs is 1. The molecule has 2 aliphatic carbocycles. The average Bonchev–Trinajstić information content (AvgIpc) is 2.07. The molecule has 0 heterocycles. The molecule has 0 aromatic rings. The molecule has 13 heavy (non-hydrogen) atoms. The Hall–Kier alpha value is -0.0400. The minimum absolute atomic E-state index is 0. The van der Waals surface area contributed by atoms with Gasteiger partial charge in [-0.2, -0.15) is 0 Å². The summed E-state index contributed by atoms with van der Waals surface area (Å²) in [5, 5.41) is 0. The highest BCUT2D eigenvalue weighted by Gasteiger charge is 2.35.